The monoisotopic (exact) mass is 378 g/mol. The Balaban J connectivity index is 1.71. The van der Waals surface area contributed by atoms with Gasteiger partial charge in [-0.05, 0) is 43.2 Å². The maximum absolute atomic E-state index is 14.2. The van der Waals surface area contributed by atoms with Gasteiger partial charge in [0.05, 0.1) is 14.2 Å². The van der Waals surface area contributed by atoms with Crippen LogP contribution in [0.25, 0.3) is 16.8 Å². The van der Waals surface area contributed by atoms with Crippen LogP contribution in [0.4, 0.5) is 4.39 Å². The Morgan fingerprint density at radius 2 is 1.82 bits per heavy atom. The zero-order chi connectivity index (χ0) is 19.5. The number of aryl methyl sites for hydroxylation is 1. The number of halogens is 1. The van der Waals surface area contributed by atoms with Crippen LogP contribution in [0, 0.1) is 5.82 Å². The molecule has 0 amide bonds. The van der Waals surface area contributed by atoms with Crippen molar-refractivity contribution in [3.8, 4) is 22.6 Å². The van der Waals surface area contributed by atoms with E-state index in [1.165, 1.54) is 6.07 Å². The lowest BCUT2D eigenvalue weighted by Crippen LogP contribution is -2.03. The van der Waals surface area contributed by atoms with E-state index < -0.39 is 0 Å². The average Bonchev–Trinajstić information content (AvgIpc) is 3.22. The van der Waals surface area contributed by atoms with Crippen molar-refractivity contribution in [3.63, 3.8) is 0 Å². The molecule has 0 aliphatic rings. The molecular weight excluding hydrogens is 359 g/mol. The normalized spacial score (nSPS) is 11.0. The lowest BCUT2D eigenvalue weighted by atomic mass is 10.0. The summed E-state index contributed by atoms with van der Waals surface area (Å²) < 4.78 is 26.9. The van der Waals surface area contributed by atoms with E-state index in [9.17, 15) is 4.39 Å². The highest BCUT2D eigenvalue weighted by Gasteiger charge is 2.15. The van der Waals surface area contributed by atoms with Gasteiger partial charge in [0.25, 0.3) is 0 Å². The number of aromatic nitrogens is 4. The largest absolute Gasteiger partial charge is 0.496 e. The fourth-order valence-corrected chi connectivity index (χ4v) is 3.36. The topological polar surface area (TPSA) is 61.5 Å². The first-order valence-electron chi connectivity index (χ1n) is 8.84. The molecule has 3 heterocycles. The summed E-state index contributed by atoms with van der Waals surface area (Å²) in [6, 6.07) is 10.6. The zero-order valence-corrected chi connectivity index (χ0v) is 15.6. The van der Waals surface area contributed by atoms with Gasteiger partial charge in [-0.25, -0.2) is 4.39 Å². The van der Waals surface area contributed by atoms with Gasteiger partial charge in [-0.3, -0.25) is 9.38 Å². The average molecular weight is 378 g/mol. The summed E-state index contributed by atoms with van der Waals surface area (Å²) in [5, 5.41) is 8.33. The van der Waals surface area contributed by atoms with E-state index in [-0.39, 0.29) is 5.82 Å². The first-order chi connectivity index (χ1) is 13.7. The number of benzene rings is 1. The molecule has 4 rings (SSSR count). The van der Waals surface area contributed by atoms with Gasteiger partial charge in [0.1, 0.15) is 23.6 Å². The van der Waals surface area contributed by atoms with Gasteiger partial charge in [0, 0.05) is 34.8 Å². The molecule has 0 aliphatic carbocycles. The number of methoxy groups -OCH3 is 2. The Hall–Kier alpha value is -3.48. The SMILES string of the molecule is COc1ccncc1-c1ccc(CCc2c(F)cccc2OC)n2cnnc12. The minimum Gasteiger partial charge on any atom is -0.496 e. The first kappa shape index (κ1) is 17.9. The highest BCUT2D eigenvalue weighted by molar-refractivity contribution is 5.80. The number of pyridine rings is 2. The molecule has 0 radical (unpaired) electrons. The van der Waals surface area contributed by atoms with Crippen LogP contribution in [0.5, 0.6) is 11.5 Å². The van der Waals surface area contributed by atoms with Crippen molar-refractivity contribution in [1.82, 2.24) is 19.6 Å². The lowest BCUT2D eigenvalue weighted by Gasteiger charge is -2.12. The molecule has 4 aromatic rings. The molecule has 0 bridgehead atoms. The van der Waals surface area contributed by atoms with E-state index in [4.69, 9.17) is 9.47 Å². The molecular formula is C21H19FN4O2. The molecule has 0 fully saturated rings. The van der Waals surface area contributed by atoms with Crippen LogP contribution >= 0.6 is 0 Å². The summed E-state index contributed by atoms with van der Waals surface area (Å²) in [5.41, 5.74) is 3.94. The molecule has 0 spiro atoms. The van der Waals surface area contributed by atoms with Gasteiger partial charge in [0.15, 0.2) is 5.65 Å². The summed E-state index contributed by atoms with van der Waals surface area (Å²) in [6.07, 6.45) is 6.19. The van der Waals surface area contributed by atoms with Gasteiger partial charge in [-0.2, -0.15) is 0 Å². The number of hydrogen-bond donors (Lipinski definition) is 0. The Morgan fingerprint density at radius 1 is 0.964 bits per heavy atom. The van der Waals surface area contributed by atoms with Crippen LogP contribution in [0.3, 0.4) is 0 Å². The van der Waals surface area contributed by atoms with Crippen LogP contribution in [-0.4, -0.2) is 33.8 Å². The number of rotatable bonds is 6. The van der Waals surface area contributed by atoms with Crippen LogP contribution in [-0.2, 0) is 12.8 Å². The van der Waals surface area contributed by atoms with Crippen LogP contribution in [0.2, 0.25) is 0 Å². The van der Waals surface area contributed by atoms with Gasteiger partial charge < -0.3 is 9.47 Å². The number of ether oxygens (including phenoxy) is 2. The minimum atomic E-state index is -0.268. The smallest absolute Gasteiger partial charge is 0.168 e. The number of fused-ring (bicyclic) bond motifs is 1. The summed E-state index contributed by atoms with van der Waals surface area (Å²) >= 11 is 0. The first-order valence-corrected chi connectivity index (χ1v) is 8.84. The van der Waals surface area contributed by atoms with Crippen molar-refractivity contribution in [3.05, 3.63) is 72.2 Å². The van der Waals surface area contributed by atoms with Gasteiger partial charge >= 0.3 is 0 Å². The highest BCUT2D eigenvalue weighted by atomic mass is 19.1. The molecule has 0 saturated carbocycles. The van der Waals surface area contributed by atoms with Gasteiger partial charge in [0.2, 0.25) is 0 Å². The zero-order valence-electron chi connectivity index (χ0n) is 15.6. The number of hydrogen-bond acceptors (Lipinski definition) is 5. The molecule has 0 aliphatic heterocycles. The third kappa shape index (κ3) is 3.15. The standard InChI is InChI=1S/C21H19FN4O2/c1-27-19-5-3-4-18(22)16(19)9-7-14-6-8-15(21-25-24-13-26(14)21)17-12-23-11-10-20(17)28-2/h3-6,8,10-13H,7,9H2,1-2H3. The predicted molar refractivity (Wildman–Crippen MR) is 103 cm³/mol. The van der Waals surface area contributed by atoms with Crippen LogP contribution < -0.4 is 9.47 Å². The van der Waals surface area contributed by atoms with Crippen LogP contribution in [0.15, 0.2) is 55.1 Å². The molecule has 1 aromatic carbocycles. The van der Waals surface area contributed by atoms with Crippen molar-refractivity contribution < 1.29 is 13.9 Å². The quantitative estimate of drug-likeness (QED) is 0.512. The molecule has 7 heteroatoms. The second-order valence-corrected chi connectivity index (χ2v) is 6.26. The van der Waals surface area contributed by atoms with E-state index in [1.54, 1.807) is 51.1 Å². The maximum Gasteiger partial charge on any atom is 0.168 e. The molecule has 28 heavy (non-hydrogen) atoms. The van der Waals surface area contributed by atoms with Crippen molar-refractivity contribution >= 4 is 5.65 Å². The molecule has 0 saturated heterocycles. The van der Waals surface area contributed by atoms with E-state index in [1.807, 2.05) is 16.5 Å². The third-order valence-corrected chi connectivity index (χ3v) is 4.76. The van der Waals surface area contributed by atoms with Crippen molar-refractivity contribution in [2.24, 2.45) is 0 Å². The molecule has 3 aromatic heterocycles. The van der Waals surface area contributed by atoms with E-state index in [0.29, 0.717) is 35.6 Å². The van der Waals surface area contributed by atoms with Gasteiger partial charge in [-0.15, -0.1) is 10.2 Å². The maximum atomic E-state index is 14.2. The molecule has 6 nitrogen and oxygen atoms in total. The van der Waals surface area contributed by atoms with Crippen LogP contribution in [0.1, 0.15) is 11.3 Å². The third-order valence-electron chi connectivity index (χ3n) is 4.76. The minimum absolute atomic E-state index is 0.268. The molecule has 0 N–H and O–H groups in total. The van der Waals surface area contributed by atoms with Crippen molar-refractivity contribution in [2.45, 2.75) is 12.8 Å². The van der Waals surface area contributed by atoms with E-state index in [0.717, 1.165) is 16.8 Å². The second kappa shape index (κ2) is 7.64. The highest BCUT2D eigenvalue weighted by Crippen LogP contribution is 2.32. The fraction of sp³-hybridized carbons (Fsp3) is 0.190. The summed E-state index contributed by atoms with van der Waals surface area (Å²) in [4.78, 5) is 4.20. The molecule has 0 atom stereocenters. The Kier molecular flexibility index (Phi) is 4.89. The van der Waals surface area contributed by atoms with Crippen molar-refractivity contribution in [2.75, 3.05) is 14.2 Å². The lowest BCUT2D eigenvalue weighted by molar-refractivity contribution is 0.404. The second-order valence-electron chi connectivity index (χ2n) is 6.26. The Morgan fingerprint density at radius 3 is 2.64 bits per heavy atom. The van der Waals surface area contributed by atoms with Gasteiger partial charge in [-0.1, -0.05) is 6.07 Å². The molecule has 142 valence electrons. The summed E-state index contributed by atoms with van der Waals surface area (Å²) in [7, 11) is 3.17. The number of nitrogens with zero attached hydrogens (tertiary/aromatic N) is 4. The fourth-order valence-electron chi connectivity index (χ4n) is 3.36. The predicted octanol–water partition coefficient (Wildman–Crippen LogP) is 3.73. The summed E-state index contributed by atoms with van der Waals surface area (Å²) in [5.74, 6) is 0.997. The van der Waals surface area contributed by atoms with E-state index in [2.05, 4.69) is 15.2 Å². The Bertz CT molecular complexity index is 1130. The van der Waals surface area contributed by atoms with Crippen molar-refractivity contribution in [1.29, 1.82) is 0 Å². The molecule has 0 unspecified atom stereocenters. The Labute approximate surface area is 161 Å². The van der Waals surface area contributed by atoms with E-state index >= 15 is 0 Å². The summed E-state index contributed by atoms with van der Waals surface area (Å²) in [6.45, 7) is 0.